The second kappa shape index (κ2) is 9.70. The first-order chi connectivity index (χ1) is 15.1. The highest BCUT2D eigenvalue weighted by Crippen LogP contribution is 2.26. The van der Waals surface area contributed by atoms with Crippen molar-refractivity contribution in [3.8, 4) is 17.1 Å². The molecule has 31 heavy (non-hydrogen) atoms. The predicted octanol–water partition coefficient (Wildman–Crippen LogP) is 4.13. The van der Waals surface area contributed by atoms with Gasteiger partial charge in [-0.15, -0.1) is 0 Å². The number of ether oxygens (including phenoxy) is 1. The molecule has 0 unspecified atom stereocenters. The highest BCUT2D eigenvalue weighted by Gasteiger charge is 2.26. The molecule has 2 aromatic carbocycles. The Balaban J connectivity index is 1.29. The number of halogens is 1. The summed E-state index contributed by atoms with van der Waals surface area (Å²) in [6, 6.07) is 13.5. The van der Waals surface area contributed by atoms with Crippen LogP contribution in [0.1, 0.15) is 25.7 Å². The molecule has 1 saturated heterocycles. The summed E-state index contributed by atoms with van der Waals surface area (Å²) in [4.78, 5) is 19.3. The normalized spacial score (nSPS) is 15.0. The molecule has 1 N–H and O–H groups in total. The molecule has 3 aromatic rings. The third kappa shape index (κ3) is 5.27. The van der Waals surface area contributed by atoms with Crippen LogP contribution < -0.4 is 10.1 Å². The molecule has 0 radical (unpaired) electrons. The maximum atomic E-state index is 13.1. The molecular weight excluding hydrogens is 399 g/mol. The number of carbonyl (C=O) groups excluding carboxylic acids is 1. The van der Waals surface area contributed by atoms with Crippen LogP contribution in [0.2, 0.25) is 0 Å². The number of nitrogens with one attached hydrogen (secondary N) is 1. The van der Waals surface area contributed by atoms with Gasteiger partial charge in [0.05, 0.1) is 18.8 Å². The number of aromatic nitrogens is 2. The third-order valence-electron chi connectivity index (χ3n) is 5.33. The molecule has 0 atom stereocenters. The van der Waals surface area contributed by atoms with Gasteiger partial charge >= 0.3 is 0 Å². The van der Waals surface area contributed by atoms with Gasteiger partial charge in [0.2, 0.25) is 17.6 Å². The number of hydrogen-bond acceptors (Lipinski definition) is 6. The van der Waals surface area contributed by atoms with Gasteiger partial charge in [0.15, 0.2) is 0 Å². The van der Waals surface area contributed by atoms with E-state index in [1.54, 1.807) is 12.1 Å². The molecular formula is C23H25FN4O3. The van der Waals surface area contributed by atoms with Crippen LogP contribution in [-0.2, 0) is 11.3 Å². The summed E-state index contributed by atoms with van der Waals surface area (Å²) in [7, 11) is 0. The zero-order valence-electron chi connectivity index (χ0n) is 17.4. The summed E-state index contributed by atoms with van der Waals surface area (Å²) < 4.78 is 24.0. The van der Waals surface area contributed by atoms with Gasteiger partial charge in [-0.3, -0.25) is 9.69 Å². The standard InChI is InChI=1S/C23H25FN4O3/c1-2-30-20-6-4-3-5-19(20)25-23(29)17-11-13-28(14-12-17)15-21-26-22(27-31-21)16-7-9-18(24)10-8-16/h3-10,17H,2,11-15H2,1H3,(H,25,29). The second-order valence-corrected chi connectivity index (χ2v) is 7.49. The van der Waals surface area contributed by atoms with E-state index >= 15 is 0 Å². The number of para-hydroxylation sites is 2. The summed E-state index contributed by atoms with van der Waals surface area (Å²) in [5.74, 6) is 1.29. The molecule has 1 aliphatic rings. The van der Waals surface area contributed by atoms with Gasteiger partial charge in [-0.1, -0.05) is 17.3 Å². The largest absolute Gasteiger partial charge is 0.492 e. The fraction of sp³-hybridized carbons (Fsp3) is 0.348. The molecule has 2 heterocycles. The lowest BCUT2D eigenvalue weighted by Crippen LogP contribution is -2.37. The molecule has 1 aliphatic heterocycles. The van der Waals surface area contributed by atoms with E-state index in [0.29, 0.717) is 41.9 Å². The van der Waals surface area contributed by atoms with E-state index in [1.165, 1.54) is 12.1 Å². The molecule has 162 valence electrons. The van der Waals surface area contributed by atoms with E-state index in [4.69, 9.17) is 9.26 Å². The molecule has 0 bridgehead atoms. The van der Waals surface area contributed by atoms with Gasteiger partial charge in [0.25, 0.3) is 0 Å². The molecule has 8 heteroatoms. The van der Waals surface area contributed by atoms with E-state index in [-0.39, 0.29) is 17.6 Å². The monoisotopic (exact) mass is 424 g/mol. The summed E-state index contributed by atoms with van der Waals surface area (Å²) in [5.41, 5.74) is 1.41. The van der Waals surface area contributed by atoms with Crippen LogP contribution >= 0.6 is 0 Å². The van der Waals surface area contributed by atoms with Crippen LogP contribution in [0.4, 0.5) is 10.1 Å². The lowest BCUT2D eigenvalue weighted by atomic mass is 9.96. The van der Waals surface area contributed by atoms with E-state index < -0.39 is 0 Å². The fourth-order valence-electron chi connectivity index (χ4n) is 3.67. The number of nitrogens with zero attached hydrogens (tertiary/aromatic N) is 3. The number of anilines is 1. The summed E-state index contributed by atoms with van der Waals surface area (Å²) >= 11 is 0. The Morgan fingerprint density at radius 2 is 1.94 bits per heavy atom. The van der Waals surface area contributed by atoms with Crippen molar-refractivity contribution < 1.29 is 18.4 Å². The first-order valence-electron chi connectivity index (χ1n) is 10.5. The first-order valence-corrected chi connectivity index (χ1v) is 10.5. The number of likely N-dealkylation sites (tertiary alicyclic amines) is 1. The number of benzene rings is 2. The Bertz CT molecular complexity index is 1010. The second-order valence-electron chi connectivity index (χ2n) is 7.49. The predicted molar refractivity (Wildman–Crippen MR) is 114 cm³/mol. The van der Waals surface area contributed by atoms with Gasteiger partial charge in [0.1, 0.15) is 11.6 Å². The number of piperidine rings is 1. The van der Waals surface area contributed by atoms with Crippen molar-refractivity contribution in [2.24, 2.45) is 5.92 Å². The minimum Gasteiger partial charge on any atom is -0.492 e. The van der Waals surface area contributed by atoms with Crippen molar-refractivity contribution in [3.05, 3.63) is 60.2 Å². The molecule has 1 fully saturated rings. The summed E-state index contributed by atoms with van der Waals surface area (Å²) in [6.45, 7) is 4.51. The number of rotatable bonds is 7. The number of amides is 1. The Morgan fingerprint density at radius 3 is 2.68 bits per heavy atom. The number of hydrogen-bond donors (Lipinski definition) is 1. The highest BCUT2D eigenvalue weighted by molar-refractivity contribution is 5.94. The maximum Gasteiger partial charge on any atom is 0.241 e. The molecule has 4 rings (SSSR count). The Kier molecular flexibility index (Phi) is 6.57. The summed E-state index contributed by atoms with van der Waals surface area (Å²) in [6.07, 6.45) is 1.50. The van der Waals surface area contributed by atoms with E-state index in [0.717, 1.165) is 25.9 Å². The molecule has 0 saturated carbocycles. The van der Waals surface area contributed by atoms with Gasteiger partial charge in [-0.2, -0.15) is 4.98 Å². The average Bonchev–Trinajstić information content (AvgIpc) is 3.25. The average molecular weight is 424 g/mol. The van der Waals surface area contributed by atoms with Crippen molar-refractivity contribution >= 4 is 11.6 Å². The quantitative estimate of drug-likeness (QED) is 0.614. The Morgan fingerprint density at radius 1 is 1.19 bits per heavy atom. The van der Waals surface area contributed by atoms with E-state index in [1.807, 2.05) is 31.2 Å². The van der Waals surface area contributed by atoms with Crippen LogP contribution in [0.3, 0.4) is 0 Å². The lowest BCUT2D eigenvalue weighted by Gasteiger charge is -2.30. The summed E-state index contributed by atoms with van der Waals surface area (Å²) in [5, 5.41) is 6.99. The van der Waals surface area contributed by atoms with Gasteiger partial charge in [0, 0.05) is 11.5 Å². The van der Waals surface area contributed by atoms with Crippen molar-refractivity contribution in [1.82, 2.24) is 15.0 Å². The van der Waals surface area contributed by atoms with Crippen LogP contribution in [0.5, 0.6) is 5.75 Å². The SMILES string of the molecule is CCOc1ccccc1NC(=O)C1CCN(Cc2nc(-c3ccc(F)cc3)no2)CC1. The van der Waals surface area contributed by atoms with Crippen LogP contribution in [0.25, 0.3) is 11.4 Å². The molecule has 1 amide bonds. The zero-order chi connectivity index (χ0) is 21.6. The fourth-order valence-corrected chi connectivity index (χ4v) is 3.67. The maximum absolute atomic E-state index is 13.1. The molecule has 1 aromatic heterocycles. The van der Waals surface area contributed by atoms with Gasteiger partial charge in [-0.25, -0.2) is 4.39 Å². The van der Waals surface area contributed by atoms with Gasteiger partial charge in [-0.05, 0) is 69.3 Å². The van der Waals surface area contributed by atoms with Crippen molar-refractivity contribution in [2.75, 3.05) is 25.0 Å². The lowest BCUT2D eigenvalue weighted by molar-refractivity contribution is -0.121. The highest BCUT2D eigenvalue weighted by atomic mass is 19.1. The van der Waals surface area contributed by atoms with Crippen LogP contribution in [0.15, 0.2) is 53.1 Å². The molecule has 0 aliphatic carbocycles. The minimum atomic E-state index is -0.305. The molecule has 7 nitrogen and oxygen atoms in total. The van der Waals surface area contributed by atoms with E-state index in [9.17, 15) is 9.18 Å². The Hall–Kier alpha value is -3.26. The number of carbonyl (C=O) groups is 1. The minimum absolute atomic E-state index is 0.0168. The zero-order valence-corrected chi connectivity index (χ0v) is 17.4. The topological polar surface area (TPSA) is 80.5 Å². The Labute approximate surface area is 180 Å². The van der Waals surface area contributed by atoms with Crippen molar-refractivity contribution in [3.63, 3.8) is 0 Å². The third-order valence-corrected chi connectivity index (χ3v) is 5.33. The van der Waals surface area contributed by atoms with Crippen molar-refractivity contribution in [1.29, 1.82) is 0 Å². The molecule has 0 spiro atoms. The van der Waals surface area contributed by atoms with Crippen LogP contribution in [0, 0.1) is 11.7 Å². The smallest absolute Gasteiger partial charge is 0.241 e. The van der Waals surface area contributed by atoms with Gasteiger partial charge < -0.3 is 14.6 Å². The van der Waals surface area contributed by atoms with E-state index in [2.05, 4.69) is 20.4 Å². The first kappa shape index (κ1) is 21.0. The van der Waals surface area contributed by atoms with Crippen LogP contribution in [-0.4, -0.2) is 40.6 Å². The van der Waals surface area contributed by atoms with Crippen molar-refractivity contribution in [2.45, 2.75) is 26.3 Å².